The average Bonchev–Trinajstić information content (AvgIpc) is 2.53. The molecule has 1 heterocycles. The minimum atomic E-state index is -0.893. The van der Waals surface area contributed by atoms with Crippen molar-refractivity contribution in [2.75, 3.05) is 0 Å². The van der Waals surface area contributed by atoms with Gasteiger partial charge in [0.1, 0.15) is 22.7 Å². The van der Waals surface area contributed by atoms with Crippen LogP contribution >= 0.6 is 15.9 Å². The van der Waals surface area contributed by atoms with E-state index in [0.29, 0.717) is 16.3 Å². The van der Waals surface area contributed by atoms with Crippen molar-refractivity contribution < 1.29 is 18.3 Å². The van der Waals surface area contributed by atoms with Crippen LogP contribution in [0.25, 0.3) is 11.0 Å². The molecule has 0 unspecified atom stereocenters. The first-order valence-electron chi connectivity index (χ1n) is 6.67. The van der Waals surface area contributed by atoms with Gasteiger partial charge in [0.25, 0.3) is 0 Å². The predicted molar refractivity (Wildman–Crippen MR) is 93.2 cm³/mol. The molecule has 4 nitrogen and oxygen atoms in total. The van der Waals surface area contributed by atoms with Crippen LogP contribution in [-0.2, 0) is 5.33 Å². The summed E-state index contributed by atoms with van der Waals surface area (Å²) in [5, 5.41) is 1.23. The lowest BCUT2D eigenvalue weighted by Gasteiger charge is -2.05. The number of rotatable bonds is 3. The van der Waals surface area contributed by atoms with Gasteiger partial charge >= 0.3 is 11.6 Å². The zero-order valence-corrected chi connectivity index (χ0v) is 13.3. The van der Waals surface area contributed by atoms with Gasteiger partial charge in [0.2, 0.25) is 0 Å². The molecule has 0 saturated heterocycles. The zero-order chi connectivity index (χ0) is 16.4. The molecule has 0 aliphatic heterocycles. The fraction of sp³-hybridized carbons (Fsp3) is 0.111. The van der Waals surface area contributed by atoms with Gasteiger partial charge in [-0.05, 0) is 35.9 Å². The number of halogens is 2. The smallest absolute Gasteiger partial charge is 0.351 e. The molecule has 0 N–H and O–H groups in total. The van der Waals surface area contributed by atoms with Crippen LogP contribution in [0.1, 0.15) is 23.3 Å². The third-order valence-corrected chi connectivity index (χ3v) is 3.82. The Morgan fingerprint density at radius 2 is 1.96 bits per heavy atom. The Bertz CT molecular complexity index is 949. The molecule has 124 valence electrons. The van der Waals surface area contributed by atoms with Crippen LogP contribution in [-0.4, -0.2) is 5.97 Å². The van der Waals surface area contributed by atoms with Crippen LogP contribution in [0.3, 0.4) is 0 Å². The molecule has 1 aromatic heterocycles. The summed E-state index contributed by atoms with van der Waals surface area (Å²) in [7, 11) is 0. The van der Waals surface area contributed by atoms with Gasteiger partial charge in [0.15, 0.2) is 0 Å². The van der Waals surface area contributed by atoms with Crippen molar-refractivity contribution in [3.63, 3.8) is 0 Å². The van der Waals surface area contributed by atoms with E-state index >= 15 is 0 Å². The summed E-state index contributed by atoms with van der Waals surface area (Å²) in [6, 6.07) is 11.8. The van der Waals surface area contributed by atoms with Crippen LogP contribution in [0.5, 0.6) is 5.75 Å². The monoisotopic (exact) mass is 392 g/mol. The first kappa shape index (κ1) is 17.9. The summed E-state index contributed by atoms with van der Waals surface area (Å²) in [6.45, 7) is 0. The second kappa shape index (κ2) is 7.40. The standard InChI is InChI=1S/C17H10BrFO4.CH4/c18-9-10-4-5-15-11(6-10)7-14(17(21)23-15)16(20)22-13-3-1-2-12(19)8-13;/h1-8H,9H2;1H4. The van der Waals surface area contributed by atoms with Gasteiger partial charge in [0.05, 0.1) is 0 Å². The third-order valence-electron chi connectivity index (χ3n) is 3.18. The van der Waals surface area contributed by atoms with Gasteiger partial charge < -0.3 is 9.15 Å². The number of carbonyl (C=O) groups excluding carboxylic acids is 1. The molecule has 24 heavy (non-hydrogen) atoms. The van der Waals surface area contributed by atoms with Gasteiger partial charge in [-0.25, -0.2) is 14.0 Å². The third kappa shape index (κ3) is 3.71. The summed E-state index contributed by atoms with van der Waals surface area (Å²) < 4.78 is 23.3. The highest BCUT2D eigenvalue weighted by Crippen LogP contribution is 2.19. The normalized spacial score (nSPS) is 10.2. The summed E-state index contributed by atoms with van der Waals surface area (Å²) >= 11 is 3.34. The van der Waals surface area contributed by atoms with E-state index in [2.05, 4.69) is 15.9 Å². The van der Waals surface area contributed by atoms with Crippen LogP contribution in [0.2, 0.25) is 0 Å². The Kier molecular flexibility index (Phi) is 5.51. The van der Waals surface area contributed by atoms with E-state index in [1.54, 1.807) is 12.1 Å². The number of esters is 1. The maximum atomic E-state index is 13.1. The van der Waals surface area contributed by atoms with Crippen LogP contribution < -0.4 is 10.4 Å². The molecule has 0 fully saturated rings. The molecule has 6 heteroatoms. The number of alkyl halides is 1. The van der Waals surface area contributed by atoms with Crippen molar-refractivity contribution in [3.05, 3.63) is 75.9 Å². The molecular formula is C18H14BrFO4. The maximum Gasteiger partial charge on any atom is 0.351 e. The van der Waals surface area contributed by atoms with Crippen molar-refractivity contribution in [1.82, 2.24) is 0 Å². The second-order valence-electron chi connectivity index (χ2n) is 4.80. The Balaban J connectivity index is 0.00000208. The molecule has 0 saturated carbocycles. The molecule has 0 aliphatic carbocycles. The number of carbonyl (C=O) groups is 1. The summed E-state index contributed by atoms with van der Waals surface area (Å²) in [6.07, 6.45) is 0. The van der Waals surface area contributed by atoms with E-state index in [-0.39, 0.29) is 18.7 Å². The Morgan fingerprint density at radius 3 is 2.67 bits per heavy atom. The highest BCUT2D eigenvalue weighted by molar-refractivity contribution is 9.08. The topological polar surface area (TPSA) is 56.5 Å². The molecule has 2 aromatic carbocycles. The summed E-state index contributed by atoms with van der Waals surface area (Å²) in [5.74, 6) is -1.41. The molecular weight excluding hydrogens is 379 g/mol. The lowest BCUT2D eigenvalue weighted by Crippen LogP contribution is -2.18. The molecule has 0 atom stereocenters. The fourth-order valence-electron chi connectivity index (χ4n) is 2.09. The van der Waals surface area contributed by atoms with Crippen LogP contribution in [0.4, 0.5) is 4.39 Å². The maximum absolute atomic E-state index is 13.1. The van der Waals surface area contributed by atoms with E-state index in [1.807, 2.05) is 6.07 Å². The van der Waals surface area contributed by atoms with Gasteiger partial charge in [0, 0.05) is 16.8 Å². The largest absolute Gasteiger partial charge is 0.423 e. The first-order chi connectivity index (χ1) is 11.1. The number of benzene rings is 2. The van der Waals surface area contributed by atoms with E-state index in [4.69, 9.17) is 9.15 Å². The van der Waals surface area contributed by atoms with Gasteiger partial charge in [-0.1, -0.05) is 35.5 Å². The van der Waals surface area contributed by atoms with Crippen molar-refractivity contribution in [3.8, 4) is 5.75 Å². The number of ether oxygens (including phenoxy) is 1. The van der Waals surface area contributed by atoms with Crippen molar-refractivity contribution in [2.45, 2.75) is 12.8 Å². The zero-order valence-electron chi connectivity index (χ0n) is 11.7. The molecule has 0 amide bonds. The number of fused-ring (bicyclic) bond motifs is 1. The highest BCUT2D eigenvalue weighted by Gasteiger charge is 2.16. The van der Waals surface area contributed by atoms with E-state index in [9.17, 15) is 14.0 Å². The molecule has 0 bridgehead atoms. The van der Waals surface area contributed by atoms with Gasteiger partial charge in [-0.3, -0.25) is 0 Å². The Morgan fingerprint density at radius 1 is 1.17 bits per heavy atom. The second-order valence-corrected chi connectivity index (χ2v) is 5.36. The first-order valence-corrected chi connectivity index (χ1v) is 7.79. The molecule has 0 aliphatic rings. The van der Waals surface area contributed by atoms with E-state index in [0.717, 1.165) is 11.6 Å². The van der Waals surface area contributed by atoms with Crippen molar-refractivity contribution in [2.24, 2.45) is 0 Å². The summed E-state index contributed by atoms with van der Waals surface area (Å²) in [5.41, 5.74) is 0.303. The van der Waals surface area contributed by atoms with Crippen LogP contribution in [0.15, 0.2) is 57.7 Å². The molecule has 3 rings (SSSR count). The summed E-state index contributed by atoms with van der Waals surface area (Å²) in [4.78, 5) is 24.1. The molecule has 0 radical (unpaired) electrons. The van der Waals surface area contributed by atoms with E-state index < -0.39 is 17.4 Å². The van der Waals surface area contributed by atoms with Crippen molar-refractivity contribution >= 4 is 32.9 Å². The Labute approximate surface area is 146 Å². The van der Waals surface area contributed by atoms with E-state index in [1.165, 1.54) is 24.3 Å². The van der Waals surface area contributed by atoms with Crippen molar-refractivity contribution in [1.29, 1.82) is 0 Å². The number of hydrogen-bond donors (Lipinski definition) is 0. The Hall–Kier alpha value is -2.47. The minimum Gasteiger partial charge on any atom is -0.423 e. The molecule has 0 spiro atoms. The lowest BCUT2D eigenvalue weighted by molar-refractivity contribution is 0.0730. The lowest BCUT2D eigenvalue weighted by atomic mass is 10.1. The quantitative estimate of drug-likeness (QED) is 0.281. The fourth-order valence-corrected chi connectivity index (χ4v) is 2.44. The highest BCUT2D eigenvalue weighted by atomic mass is 79.9. The van der Waals surface area contributed by atoms with Gasteiger partial charge in [-0.2, -0.15) is 0 Å². The molecule has 3 aromatic rings. The average molecular weight is 393 g/mol. The van der Waals surface area contributed by atoms with Crippen LogP contribution in [0, 0.1) is 5.82 Å². The minimum absolute atomic E-state index is 0. The number of hydrogen-bond acceptors (Lipinski definition) is 4. The SMILES string of the molecule is C.O=C(Oc1cccc(F)c1)c1cc2cc(CBr)ccc2oc1=O. The van der Waals surface area contributed by atoms with Gasteiger partial charge in [-0.15, -0.1) is 0 Å². The predicted octanol–water partition coefficient (Wildman–Crippen LogP) is 4.68.